The number of methoxy groups -OCH3 is 1. The van der Waals surface area contributed by atoms with Gasteiger partial charge in [0.15, 0.2) is 9.84 Å². The zero-order valence-electron chi connectivity index (χ0n) is 12.0. The number of ether oxygens (including phenoxy) is 1. The van der Waals surface area contributed by atoms with Gasteiger partial charge in [0.25, 0.3) is 0 Å². The summed E-state index contributed by atoms with van der Waals surface area (Å²) < 4.78 is 41.9. The second-order valence-corrected chi connectivity index (χ2v) is 7.14. The fourth-order valence-corrected chi connectivity index (χ4v) is 3.70. The van der Waals surface area contributed by atoms with E-state index < -0.39 is 16.5 Å². The molecule has 0 aliphatic carbocycles. The highest BCUT2D eigenvalue weighted by molar-refractivity contribution is 7.91. The number of hydrogen-bond acceptors (Lipinski definition) is 4. The third-order valence-corrected chi connectivity index (χ3v) is 5.33. The normalized spacial score (nSPS) is 17.9. The van der Waals surface area contributed by atoms with Crippen LogP contribution in [0, 0.1) is 0 Å². The lowest BCUT2D eigenvalue weighted by Crippen LogP contribution is -2.37. The van der Waals surface area contributed by atoms with Crippen molar-refractivity contribution < 1.29 is 17.5 Å². The van der Waals surface area contributed by atoms with Gasteiger partial charge in [0.2, 0.25) is 0 Å². The first kappa shape index (κ1) is 18.4. The minimum atomic E-state index is -3.27. The lowest BCUT2D eigenvalue weighted by atomic mass is 9.96. The van der Waals surface area contributed by atoms with Crippen LogP contribution in [-0.2, 0) is 27.5 Å². The van der Waals surface area contributed by atoms with Crippen LogP contribution >= 0.6 is 12.4 Å². The van der Waals surface area contributed by atoms with Gasteiger partial charge in [0.1, 0.15) is 6.67 Å². The van der Waals surface area contributed by atoms with Gasteiger partial charge >= 0.3 is 0 Å². The molecule has 0 amide bonds. The molecule has 21 heavy (non-hydrogen) atoms. The second kappa shape index (κ2) is 8.08. The number of benzene rings is 1. The van der Waals surface area contributed by atoms with Crippen LogP contribution < -0.4 is 5.32 Å². The number of alkyl halides is 1. The summed E-state index contributed by atoms with van der Waals surface area (Å²) in [4.78, 5) is 0.341. The van der Waals surface area contributed by atoms with E-state index in [1.807, 2.05) is 6.07 Å². The van der Waals surface area contributed by atoms with Crippen LogP contribution in [0.3, 0.4) is 0 Å². The van der Waals surface area contributed by atoms with E-state index in [2.05, 4.69) is 5.32 Å². The van der Waals surface area contributed by atoms with Gasteiger partial charge in [-0.25, -0.2) is 12.8 Å². The molecule has 0 fully saturated rings. The summed E-state index contributed by atoms with van der Waals surface area (Å²) in [6, 6.07) is 4.98. The van der Waals surface area contributed by atoms with Crippen molar-refractivity contribution in [3.8, 4) is 0 Å². The van der Waals surface area contributed by atoms with Crippen molar-refractivity contribution in [2.75, 3.05) is 26.1 Å². The van der Waals surface area contributed by atoms with Gasteiger partial charge in [-0.05, 0) is 36.1 Å². The van der Waals surface area contributed by atoms with Crippen molar-refractivity contribution in [1.29, 1.82) is 0 Å². The Morgan fingerprint density at radius 2 is 2.14 bits per heavy atom. The van der Waals surface area contributed by atoms with E-state index in [9.17, 15) is 12.8 Å². The molecule has 0 spiro atoms. The van der Waals surface area contributed by atoms with Gasteiger partial charge in [-0.2, -0.15) is 0 Å². The van der Waals surface area contributed by atoms with E-state index in [0.29, 0.717) is 30.9 Å². The predicted octanol–water partition coefficient (Wildman–Crippen LogP) is 1.90. The van der Waals surface area contributed by atoms with Gasteiger partial charge in [-0.3, -0.25) is 0 Å². The van der Waals surface area contributed by atoms with Gasteiger partial charge in [-0.15, -0.1) is 12.4 Å². The molecule has 1 unspecified atom stereocenters. The second-order valence-electron chi connectivity index (χ2n) is 5.03. The van der Waals surface area contributed by atoms with Crippen LogP contribution in [0.25, 0.3) is 0 Å². The summed E-state index contributed by atoms with van der Waals surface area (Å²) in [5.41, 5.74) is 1.98. The Hall–Kier alpha value is -0.690. The quantitative estimate of drug-likeness (QED) is 0.806. The molecule has 7 heteroatoms. The highest BCUT2D eigenvalue weighted by atomic mass is 35.5. The molecular formula is C14H21ClFNO3S. The molecule has 120 valence electrons. The van der Waals surface area contributed by atoms with Crippen LogP contribution in [0.4, 0.5) is 4.39 Å². The molecule has 0 saturated heterocycles. The maximum atomic E-state index is 12.6. The Labute approximate surface area is 131 Å². The number of hydrogen-bond donors (Lipinski definition) is 1. The fourth-order valence-electron chi connectivity index (χ4n) is 2.37. The molecule has 1 heterocycles. The molecule has 1 N–H and O–H groups in total. The Kier molecular flexibility index (Phi) is 7.06. The topological polar surface area (TPSA) is 55.4 Å². The van der Waals surface area contributed by atoms with E-state index in [1.165, 1.54) is 0 Å². The summed E-state index contributed by atoms with van der Waals surface area (Å²) in [5.74, 6) is 0.0835. The Morgan fingerprint density at radius 1 is 1.38 bits per heavy atom. The highest BCUT2D eigenvalue weighted by Crippen LogP contribution is 2.22. The zero-order valence-corrected chi connectivity index (χ0v) is 13.6. The maximum Gasteiger partial charge on any atom is 0.178 e. The van der Waals surface area contributed by atoms with Crippen molar-refractivity contribution in [3.05, 3.63) is 29.3 Å². The van der Waals surface area contributed by atoms with Crippen molar-refractivity contribution in [2.24, 2.45) is 0 Å². The average molecular weight is 338 g/mol. The van der Waals surface area contributed by atoms with Gasteiger partial charge < -0.3 is 10.1 Å². The van der Waals surface area contributed by atoms with Crippen molar-refractivity contribution in [3.63, 3.8) is 0 Å². The van der Waals surface area contributed by atoms with Crippen LogP contribution in [0.2, 0.25) is 0 Å². The molecular weight excluding hydrogens is 317 g/mol. The highest BCUT2D eigenvalue weighted by Gasteiger charge is 2.21. The lowest BCUT2D eigenvalue weighted by molar-refractivity contribution is 0.199. The average Bonchev–Trinajstić information content (AvgIpc) is 2.46. The molecule has 1 aliphatic heterocycles. The van der Waals surface area contributed by atoms with Crippen molar-refractivity contribution in [2.45, 2.75) is 30.3 Å². The summed E-state index contributed by atoms with van der Waals surface area (Å²) in [5, 5.41) is 3.07. The molecule has 1 aliphatic rings. The number of rotatable bonds is 6. The molecule has 0 saturated carbocycles. The predicted molar refractivity (Wildman–Crippen MR) is 82.5 cm³/mol. The smallest absolute Gasteiger partial charge is 0.178 e. The van der Waals surface area contributed by atoms with E-state index in [1.54, 1.807) is 19.2 Å². The minimum absolute atomic E-state index is 0. The number of halogens is 2. The summed E-state index contributed by atoms with van der Waals surface area (Å²) in [6.07, 6.45) is 1.09. The van der Waals surface area contributed by atoms with Crippen LogP contribution in [-0.4, -0.2) is 40.6 Å². The van der Waals surface area contributed by atoms with E-state index in [4.69, 9.17) is 4.74 Å². The summed E-state index contributed by atoms with van der Waals surface area (Å²) in [7, 11) is -1.71. The van der Waals surface area contributed by atoms with Crippen molar-refractivity contribution in [1.82, 2.24) is 5.32 Å². The van der Waals surface area contributed by atoms with Crippen LogP contribution in [0.5, 0.6) is 0 Å². The Morgan fingerprint density at radius 3 is 2.81 bits per heavy atom. The number of fused-ring (bicyclic) bond motifs is 1. The number of sulfone groups is 1. The molecule has 4 nitrogen and oxygen atoms in total. The maximum absolute atomic E-state index is 12.6. The molecule has 0 bridgehead atoms. The molecule has 0 aromatic heterocycles. The molecule has 1 aromatic rings. The van der Waals surface area contributed by atoms with Gasteiger partial charge in [-0.1, -0.05) is 6.07 Å². The molecule has 0 radical (unpaired) electrons. The fraction of sp³-hybridized carbons (Fsp3) is 0.571. The first-order chi connectivity index (χ1) is 9.56. The Balaban J connectivity index is 0.00000220. The largest absolute Gasteiger partial charge is 0.385 e. The molecule has 2 rings (SSSR count). The minimum Gasteiger partial charge on any atom is -0.385 e. The van der Waals surface area contributed by atoms with Crippen LogP contribution in [0.15, 0.2) is 23.1 Å². The van der Waals surface area contributed by atoms with E-state index >= 15 is 0 Å². The zero-order chi connectivity index (χ0) is 14.6. The monoisotopic (exact) mass is 337 g/mol. The van der Waals surface area contributed by atoms with E-state index in [-0.39, 0.29) is 24.2 Å². The van der Waals surface area contributed by atoms with Gasteiger partial charge in [0.05, 0.1) is 10.6 Å². The number of nitrogens with one attached hydrogen (secondary N) is 1. The lowest BCUT2D eigenvalue weighted by Gasteiger charge is -2.24. The third kappa shape index (κ3) is 4.64. The van der Waals surface area contributed by atoms with Gasteiger partial charge in [0, 0.05) is 26.3 Å². The summed E-state index contributed by atoms with van der Waals surface area (Å²) in [6.45, 7) is 0.547. The van der Waals surface area contributed by atoms with E-state index in [0.717, 1.165) is 11.1 Å². The standard InChI is InChI=1S/C14H20FNO3S.ClH/c1-19-5-2-6-20(17,18)14-4-3-11-7-13(9-15)16-10-12(11)8-14;/h3-4,8,13,16H,2,5-7,9-10H2,1H3;1H. The SMILES string of the molecule is COCCCS(=O)(=O)c1ccc2c(c1)CNC(CF)C2.Cl. The Bertz CT molecular complexity index is 565. The third-order valence-electron chi connectivity index (χ3n) is 3.53. The first-order valence-corrected chi connectivity index (χ1v) is 8.35. The summed E-state index contributed by atoms with van der Waals surface area (Å²) >= 11 is 0. The van der Waals surface area contributed by atoms with Crippen molar-refractivity contribution >= 4 is 22.2 Å². The molecule has 1 aromatic carbocycles. The first-order valence-electron chi connectivity index (χ1n) is 6.69. The molecule has 1 atom stereocenters. The van der Waals surface area contributed by atoms with Crippen LogP contribution in [0.1, 0.15) is 17.5 Å².